The molecule has 0 bridgehead atoms. The summed E-state index contributed by atoms with van der Waals surface area (Å²) in [5, 5.41) is 6.30. The average molecular weight is 303 g/mol. The molecule has 110 valence electrons. The summed E-state index contributed by atoms with van der Waals surface area (Å²) in [6, 6.07) is 7.38. The lowest BCUT2D eigenvalue weighted by atomic mass is 10.1. The molecule has 0 saturated carbocycles. The number of amides is 1. The van der Waals surface area contributed by atoms with Gasteiger partial charge in [0.25, 0.3) is 5.91 Å². The van der Waals surface area contributed by atoms with E-state index in [-0.39, 0.29) is 24.8 Å². The summed E-state index contributed by atoms with van der Waals surface area (Å²) in [5.41, 5.74) is 2.66. The molecule has 1 amide bonds. The van der Waals surface area contributed by atoms with Crippen LogP contribution in [0.1, 0.15) is 27.9 Å². The first-order valence-corrected chi connectivity index (χ1v) is 7.59. The molecule has 2 rings (SSSR count). The Kier molecular flexibility index (Phi) is 5.11. The minimum Gasteiger partial charge on any atom is -0.426 e. The van der Waals surface area contributed by atoms with Gasteiger partial charge in [0.15, 0.2) is 0 Å². The summed E-state index contributed by atoms with van der Waals surface area (Å²) in [7, 11) is 0. The van der Waals surface area contributed by atoms with E-state index in [1.54, 1.807) is 17.5 Å². The highest BCUT2D eigenvalue weighted by atomic mass is 32.1. The predicted molar refractivity (Wildman–Crippen MR) is 82.8 cm³/mol. The van der Waals surface area contributed by atoms with Crippen molar-refractivity contribution in [1.82, 2.24) is 5.32 Å². The molecule has 1 heterocycles. The van der Waals surface area contributed by atoms with Gasteiger partial charge in [-0.3, -0.25) is 9.59 Å². The maximum Gasteiger partial charge on any atom is 0.312 e. The Morgan fingerprint density at radius 2 is 2.05 bits per heavy atom. The second-order valence-corrected chi connectivity index (χ2v) is 5.54. The molecule has 21 heavy (non-hydrogen) atoms. The van der Waals surface area contributed by atoms with Crippen LogP contribution in [0.5, 0.6) is 5.75 Å². The van der Waals surface area contributed by atoms with Crippen LogP contribution in [0.15, 0.2) is 35.0 Å². The molecule has 4 nitrogen and oxygen atoms in total. The lowest BCUT2D eigenvalue weighted by molar-refractivity contribution is -0.134. The molecule has 5 heteroatoms. The fraction of sp³-hybridized carbons (Fsp3) is 0.250. The predicted octanol–water partition coefficient (Wildman–Crippen LogP) is 3.09. The first kappa shape index (κ1) is 15.3. The van der Waals surface area contributed by atoms with Crippen molar-refractivity contribution in [3.63, 3.8) is 0 Å². The van der Waals surface area contributed by atoms with E-state index < -0.39 is 0 Å². The van der Waals surface area contributed by atoms with Crippen LogP contribution in [-0.4, -0.2) is 18.4 Å². The third kappa shape index (κ3) is 4.43. The zero-order valence-electron chi connectivity index (χ0n) is 12.0. The highest BCUT2D eigenvalue weighted by Gasteiger charge is 2.09. The quantitative estimate of drug-likeness (QED) is 0.682. The van der Waals surface area contributed by atoms with Gasteiger partial charge in [-0.25, -0.2) is 0 Å². The summed E-state index contributed by atoms with van der Waals surface area (Å²) < 4.78 is 5.28. The molecule has 1 aromatic carbocycles. The van der Waals surface area contributed by atoms with Crippen LogP contribution in [0.2, 0.25) is 0 Å². The van der Waals surface area contributed by atoms with Gasteiger partial charge in [-0.2, -0.15) is 11.3 Å². The monoisotopic (exact) mass is 303 g/mol. The molecule has 0 radical (unpaired) electrons. The Bertz CT molecular complexity index is 635. The number of hydrogen-bond acceptors (Lipinski definition) is 4. The van der Waals surface area contributed by atoms with Crippen LogP contribution >= 0.6 is 11.3 Å². The molecule has 0 aliphatic rings. The van der Waals surface area contributed by atoms with E-state index in [0.717, 1.165) is 11.1 Å². The van der Waals surface area contributed by atoms with Gasteiger partial charge < -0.3 is 10.1 Å². The summed E-state index contributed by atoms with van der Waals surface area (Å²) in [6.07, 6.45) is 0.142. The molecule has 0 fully saturated rings. The summed E-state index contributed by atoms with van der Waals surface area (Å²) in [5.74, 6) is 0.0397. The zero-order valence-corrected chi connectivity index (χ0v) is 12.8. The topological polar surface area (TPSA) is 55.4 Å². The minimum absolute atomic E-state index is 0.142. The van der Waals surface area contributed by atoms with Gasteiger partial charge in [-0.05, 0) is 36.9 Å². The van der Waals surface area contributed by atoms with Gasteiger partial charge in [0, 0.05) is 17.5 Å². The Morgan fingerprint density at radius 3 is 2.71 bits per heavy atom. The van der Waals surface area contributed by atoms with E-state index in [1.807, 2.05) is 31.4 Å². The van der Waals surface area contributed by atoms with Crippen LogP contribution in [-0.2, 0) is 4.79 Å². The summed E-state index contributed by atoms with van der Waals surface area (Å²) in [6.45, 7) is 4.14. The minimum atomic E-state index is -0.354. The van der Waals surface area contributed by atoms with Crippen molar-refractivity contribution in [2.75, 3.05) is 6.54 Å². The Morgan fingerprint density at radius 1 is 1.24 bits per heavy atom. The van der Waals surface area contributed by atoms with Gasteiger partial charge >= 0.3 is 5.97 Å². The lowest BCUT2D eigenvalue weighted by Gasteiger charge is -2.08. The first-order valence-electron chi connectivity index (χ1n) is 6.64. The second-order valence-electron chi connectivity index (χ2n) is 4.76. The number of benzene rings is 1. The van der Waals surface area contributed by atoms with E-state index >= 15 is 0 Å². The number of hydrogen-bond donors (Lipinski definition) is 1. The zero-order chi connectivity index (χ0) is 15.2. The fourth-order valence-electron chi connectivity index (χ4n) is 1.86. The van der Waals surface area contributed by atoms with Crippen molar-refractivity contribution in [3.05, 3.63) is 51.7 Å². The molecule has 1 aromatic heterocycles. The number of nitrogens with one attached hydrogen (secondary N) is 1. The number of thiophene rings is 1. The van der Waals surface area contributed by atoms with E-state index in [1.165, 1.54) is 11.3 Å². The van der Waals surface area contributed by atoms with Crippen molar-refractivity contribution in [2.45, 2.75) is 20.3 Å². The van der Waals surface area contributed by atoms with E-state index in [0.29, 0.717) is 11.3 Å². The average Bonchev–Trinajstić information content (AvgIpc) is 2.96. The Balaban J connectivity index is 1.78. The Labute approximate surface area is 127 Å². The van der Waals surface area contributed by atoms with Crippen molar-refractivity contribution in [1.29, 1.82) is 0 Å². The number of carbonyl (C=O) groups excluding carboxylic acids is 2. The smallest absolute Gasteiger partial charge is 0.312 e. The van der Waals surface area contributed by atoms with Crippen molar-refractivity contribution < 1.29 is 14.3 Å². The van der Waals surface area contributed by atoms with E-state index in [4.69, 9.17) is 4.74 Å². The molecular formula is C16H17NO3S. The van der Waals surface area contributed by atoms with Gasteiger partial charge in [0.05, 0.1) is 6.42 Å². The molecular weight excluding hydrogens is 286 g/mol. The molecule has 2 aromatic rings. The number of carbonyl (C=O) groups is 2. The van der Waals surface area contributed by atoms with Gasteiger partial charge in [-0.1, -0.05) is 17.7 Å². The fourth-order valence-corrected chi connectivity index (χ4v) is 2.50. The van der Waals surface area contributed by atoms with Crippen molar-refractivity contribution in [3.8, 4) is 5.75 Å². The summed E-state index contributed by atoms with van der Waals surface area (Å²) in [4.78, 5) is 23.4. The van der Waals surface area contributed by atoms with Crippen molar-refractivity contribution >= 4 is 23.2 Å². The maximum atomic E-state index is 11.7. The van der Waals surface area contributed by atoms with E-state index in [2.05, 4.69) is 5.32 Å². The summed E-state index contributed by atoms with van der Waals surface area (Å²) >= 11 is 1.46. The number of ether oxygens (including phenoxy) is 1. The third-order valence-corrected chi connectivity index (χ3v) is 3.64. The van der Waals surface area contributed by atoms with Gasteiger partial charge in [0.2, 0.25) is 0 Å². The molecule has 0 aliphatic carbocycles. The molecule has 0 aliphatic heterocycles. The maximum absolute atomic E-state index is 11.7. The van der Waals surface area contributed by atoms with Crippen LogP contribution in [0.25, 0.3) is 0 Å². The van der Waals surface area contributed by atoms with Crippen LogP contribution < -0.4 is 10.1 Å². The van der Waals surface area contributed by atoms with E-state index in [9.17, 15) is 9.59 Å². The third-order valence-electron chi connectivity index (χ3n) is 2.95. The van der Waals surface area contributed by atoms with Gasteiger partial charge in [0.1, 0.15) is 5.75 Å². The normalized spacial score (nSPS) is 10.2. The first-order chi connectivity index (χ1) is 10.1. The highest BCUT2D eigenvalue weighted by molar-refractivity contribution is 7.08. The van der Waals surface area contributed by atoms with Gasteiger partial charge in [-0.15, -0.1) is 0 Å². The number of esters is 1. The standard InChI is InChI=1S/C16H17NO3S/c1-11-3-4-14(12(2)9-11)20-15(18)5-7-17-16(19)13-6-8-21-10-13/h3-4,6,8-10H,5,7H2,1-2H3,(H,17,19). The second kappa shape index (κ2) is 7.04. The van der Waals surface area contributed by atoms with Crippen LogP contribution in [0.4, 0.5) is 0 Å². The van der Waals surface area contributed by atoms with Crippen LogP contribution in [0.3, 0.4) is 0 Å². The number of aryl methyl sites for hydroxylation is 2. The molecule has 0 unspecified atom stereocenters. The largest absolute Gasteiger partial charge is 0.426 e. The van der Waals surface area contributed by atoms with Crippen molar-refractivity contribution in [2.24, 2.45) is 0 Å². The lowest BCUT2D eigenvalue weighted by Crippen LogP contribution is -2.26. The molecule has 0 spiro atoms. The molecule has 0 atom stereocenters. The SMILES string of the molecule is Cc1ccc(OC(=O)CCNC(=O)c2ccsc2)c(C)c1. The Hall–Kier alpha value is -2.14. The number of rotatable bonds is 5. The molecule has 0 saturated heterocycles. The molecule has 1 N–H and O–H groups in total. The van der Waals surface area contributed by atoms with Crippen LogP contribution in [0, 0.1) is 13.8 Å². The highest BCUT2D eigenvalue weighted by Crippen LogP contribution is 2.19.